The molecule has 0 amide bonds. The van der Waals surface area contributed by atoms with Crippen molar-refractivity contribution in [2.45, 2.75) is 20.3 Å². The Labute approximate surface area is 114 Å². The Morgan fingerprint density at radius 3 is 2.89 bits per heavy atom. The average molecular weight is 262 g/mol. The van der Waals surface area contributed by atoms with E-state index in [2.05, 4.69) is 30.0 Å². The van der Waals surface area contributed by atoms with Gasteiger partial charge in [0, 0.05) is 37.4 Å². The summed E-state index contributed by atoms with van der Waals surface area (Å²) in [6.45, 7) is 7.60. The maximum Gasteiger partial charge on any atom is 0.0906 e. The Morgan fingerprint density at radius 2 is 2.16 bits per heavy atom. The van der Waals surface area contributed by atoms with Gasteiger partial charge >= 0.3 is 0 Å². The first kappa shape index (κ1) is 13.9. The van der Waals surface area contributed by atoms with Crippen LogP contribution >= 0.6 is 0 Å². The fourth-order valence-corrected chi connectivity index (χ4v) is 2.32. The van der Waals surface area contributed by atoms with Gasteiger partial charge in [-0.1, -0.05) is 37.2 Å². The van der Waals surface area contributed by atoms with E-state index in [-0.39, 0.29) is 0 Å². The number of benzene rings is 1. The van der Waals surface area contributed by atoms with Crippen molar-refractivity contribution in [2.75, 3.05) is 31.2 Å². The Balaban J connectivity index is 2.00. The molecule has 0 atom stereocenters. The molecule has 0 radical (unpaired) electrons. The zero-order chi connectivity index (χ0) is 13.7. The van der Waals surface area contributed by atoms with Crippen molar-refractivity contribution in [1.29, 1.82) is 0 Å². The van der Waals surface area contributed by atoms with Gasteiger partial charge in [-0.05, 0) is 12.0 Å². The van der Waals surface area contributed by atoms with Gasteiger partial charge in [-0.25, -0.2) is 0 Å². The van der Waals surface area contributed by atoms with Crippen LogP contribution in [0, 0.1) is 5.92 Å². The van der Waals surface area contributed by atoms with Crippen molar-refractivity contribution in [1.82, 2.24) is 0 Å². The highest BCUT2D eigenvalue weighted by atomic mass is 16.5. The van der Waals surface area contributed by atoms with E-state index in [1.54, 1.807) is 0 Å². The average Bonchev–Trinajstić information content (AvgIpc) is 2.43. The van der Waals surface area contributed by atoms with Crippen molar-refractivity contribution < 1.29 is 9.94 Å². The van der Waals surface area contributed by atoms with Crippen LogP contribution in [0.2, 0.25) is 0 Å². The molecule has 0 aromatic heterocycles. The number of hydrogen-bond donors (Lipinski definition) is 1. The Kier molecular flexibility index (Phi) is 4.80. The summed E-state index contributed by atoms with van der Waals surface area (Å²) >= 11 is 0. The quantitative estimate of drug-likeness (QED) is 0.504. The number of anilines is 1. The van der Waals surface area contributed by atoms with Gasteiger partial charge in [0.2, 0.25) is 0 Å². The summed E-state index contributed by atoms with van der Waals surface area (Å²) in [5, 5.41) is 12.4. The Morgan fingerprint density at radius 1 is 1.37 bits per heavy atom. The summed E-state index contributed by atoms with van der Waals surface area (Å²) in [4.78, 5) is 2.30. The first-order valence-corrected chi connectivity index (χ1v) is 6.85. The van der Waals surface area contributed by atoms with E-state index in [1.165, 1.54) is 0 Å². The fourth-order valence-electron chi connectivity index (χ4n) is 2.32. The molecule has 1 heterocycles. The molecule has 0 aliphatic carbocycles. The van der Waals surface area contributed by atoms with Crippen LogP contribution in [-0.2, 0) is 4.74 Å². The van der Waals surface area contributed by atoms with E-state index in [4.69, 9.17) is 9.94 Å². The Hall–Kier alpha value is -1.55. The molecule has 0 spiro atoms. The molecule has 104 valence electrons. The van der Waals surface area contributed by atoms with E-state index in [0.29, 0.717) is 5.92 Å². The van der Waals surface area contributed by atoms with Crippen LogP contribution in [0.25, 0.3) is 0 Å². The summed E-state index contributed by atoms with van der Waals surface area (Å²) < 4.78 is 5.64. The molecule has 0 bridgehead atoms. The largest absolute Gasteiger partial charge is 0.411 e. The molecular formula is C15H22N2O2. The molecule has 4 nitrogen and oxygen atoms in total. The van der Waals surface area contributed by atoms with Gasteiger partial charge in [-0.15, -0.1) is 0 Å². The number of hydrogen-bond acceptors (Lipinski definition) is 4. The van der Waals surface area contributed by atoms with E-state index in [9.17, 15) is 0 Å². The molecule has 0 fully saturated rings. The maximum atomic E-state index is 9.04. The third kappa shape index (κ3) is 3.47. The van der Waals surface area contributed by atoms with Gasteiger partial charge in [0.1, 0.15) is 0 Å². The minimum atomic E-state index is 0.571. The van der Waals surface area contributed by atoms with E-state index >= 15 is 0 Å². The number of para-hydroxylation sites is 1. The summed E-state index contributed by atoms with van der Waals surface area (Å²) in [5.74, 6) is 0.571. The SMILES string of the molecule is CC(C)COCCN1CC/C(=N/O)c2ccccc21. The molecule has 0 unspecified atom stereocenters. The molecule has 1 aromatic carbocycles. The molecule has 1 N–H and O–H groups in total. The molecule has 2 rings (SSSR count). The van der Waals surface area contributed by atoms with Crippen LogP contribution in [0.5, 0.6) is 0 Å². The number of oxime groups is 1. The van der Waals surface area contributed by atoms with Crippen molar-refractivity contribution in [3.05, 3.63) is 29.8 Å². The first-order chi connectivity index (χ1) is 9.22. The van der Waals surface area contributed by atoms with Gasteiger partial charge in [-0.2, -0.15) is 0 Å². The van der Waals surface area contributed by atoms with Crippen molar-refractivity contribution in [3.63, 3.8) is 0 Å². The minimum absolute atomic E-state index is 0.571. The maximum absolute atomic E-state index is 9.04. The molecular weight excluding hydrogens is 240 g/mol. The molecule has 0 saturated heterocycles. The van der Waals surface area contributed by atoms with Crippen LogP contribution in [-0.4, -0.2) is 37.2 Å². The highest BCUT2D eigenvalue weighted by Gasteiger charge is 2.21. The van der Waals surface area contributed by atoms with Gasteiger partial charge < -0.3 is 14.8 Å². The topological polar surface area (TPSA) is 45.1 Å². The lowest BCUT2D eigenvalue weighted by molar-refractivity contribution is 0.115. The van der Waals surface area contributed by atoms with E-state index in [0.717, 1.165) is 49.7 Å². The molecule has 1 aromatic rings. The standard InChI is InChI=1S/C15H22N2O2/c1-12(2)11-19-10-9-17-8-7-14(16-18)13-5-3-4-6-15(13)17/h3-6,12,18H,7-11H2,1-2H3/b16-14-. The third-order valence-corrected chi connectivity index (χ3v) is 3.25. The summed E-state index contributed by atoms with van der Waals surface area (Å²) in [5.41, 5.74) is 2.93. The number of ether oxygens (including phenoxy) is 1. The van der Waals surface area contributed by atoms with Gasteiger partial charge in [-0.3, -0.25) is 0 Å². The molecule has 1 aliphatic heterocycles. The molecule has 19 heavy (non-hydrogen) atoms. The predicted octanol–water partition coefficient (Wildman–Crippen LogP) is 2.75. The molecule has 1 aliphatic rings. The van der Waals surface area contributed by atoms with Crippen LogP contribution < -0.4 is 4.90 Å². The van der Waals surface area contributed by atoms with Gasteiger partial charge in [0.15, 0.2) is 0 Å². The highest BCUT2D eigenvalue weighted by Crippen LogP contribution is 2.26. The van der Waals surface area contributed by atoms with Crippen molar-refractivity contribution >= 4 is 11.4 Å². The normalized spacial score (nSPS) is 17.0. The first-order valence-electron chi connectivity index (χ1n) is 6.85. The van der Waals surface area contributed by atoms with Crippen LogP contribution in [0.15, 0.2) is 29.4 Å². The third-order valence-electron chi connectivity index (χ3n) is 3.25. The van der Waals surface area contributed by atoms with Crippen LogP contribution in [0.4, 0.5) is 5.69 Å². The second-order valence-corrected chi connectivity index (χ2v) is 5.27. The summed E-state index contributed by atoms with van der Waals surface area (Å²) in [7, 11) is 0. The van der Waals surface area contributed by atoms with E-state index < -0.39 is 0 Å². The molecule has 0 saturated carbocycles. The second kappa shape index (κ2) is 6.57. The summed E-state index contributed by atoms with van der Waals surface area (Å²) in [6, 6.07) is 8.07. The highest BCUT2D eigenvalue weighted by molar-refractivity contribution is 6.06. The lowest BCUT2D eigenvalue weighted by Crippen LogP contribution is -2.35. The smallest absolute Gasteiger partial charge is 0.0906 e. The van der Waals surface area contributed by atoms with Crippen LogP contribution in [0.1, 0.15) is 25.8 Å². The van der Waals surface area contributed by atoms with E-state index in [1.807, 2.05) is 18.2 Å². The molecule has 4 heteroatoms. The monoisotopic (exact) mass is 262 g/mol. The number of fused-ring (bicyclic) bond motifs is 1. The van der Waals surface area contributed by atoms with Gasteiger partial charge in [0.05, 0.1) is 12.3 Å². The predicted molar refractivity (Wildman–Crippen MR) is 77.3 cm³/mol. The van der Waals surface area contributed by atoms with Crippen LogP contribution in [0.3, 0.4) is 0 Å². The summed E-state index contributed by atoms with van der Waals surface area (Å²) in [6.07, 6.45) is 0.775. The zero-order valence-corrected chi connectivity index (χ0v) is 11.7. The Bertz CT molecular complexity index is 444. The fraction of sp³-hybridized carbons (Fsp3) is 0.533. The zero-order valence-electron chi connectivity index (χ0n) is 11.7. The lowest BCUT2D eigenvalue weighted by Gasteiger charge is -2.31. The number of rotatable bonds is 5. The second-order valence-electron chi connectivity index (χ2n) is 5.27. The number of nitrogens with zero attached hydrogens (tertiary/aromatic N) is 2. The van der Waals surface area contributed by atoms with Gasteiger partial charge in [0.25, 0.3) is 0 Å². The van der Waals surface area contributed by atoms with Crippen molar-refractivity contribution in [3.8, 4) is 0 Å². The lowest BCUT2D eigenvalue weighted by atomic mass is 10.00. The minimum Gasteiger partial charge on any atom is -0.411 e. The van der Waals surface area contributed by atoms with Crippen molar-refractivity contribution in [2.24, 2.45) is 11.1 Å².